The maximum atomic E-state index is 13.4. The van der Waals surface area contributed by atoms with E-state index in [0.29, 0.717) is 11.4 Å². The van der Waals surface area contributed by atoms with E-state index < -0.39 is 11.9 Å². The second kappa shape index (κ2) is 4.58. The Balaban J connectivity index is 2.32. The molecule has 6 heteroatoms. The molecule has 0 aromatic heterocycles. The Bertz CT molecular complexity index is 451. The van der Waals surface area contributed by atoms with Gasteiger partial charge in [0.2, 0.25) is 5.91 Å². The Morgan fingerprint density at radius 1 is 1.35 bits per heavy atom. The van der Waals surface area contributed by atoms with Crippen molar-refractivity contribution in [3.05, 3.63) is 17.9 Å². The Hall–Kier alpha value is -1.82. The summed E-state index contributed by atoms with van der Waals surface area (Å²) in [5.41, 5.74) is 1.02. The highest BCUT2D eigenvalue weighted by molar-refractivity contribution is 6.03. The average Bonchev–Trinajstić information content (AvgIpc) is 2.30. The van der Waals surface area contributed by atoms with Crippen LogP contribution in [-0.2, 0) is 9.53 Å². The van der Waals surface area contributed by atoms with Crippen LogP contribution in [-0.4, -0.2) is 32.8 Å². The summed E-state index contributed by atoms with van der Waals surface area (Å²) in [5, 5.41) is 5.58. The fourth-order valence-corrected chi connectivity index (χ4v) is 1.69. The third kappa shape index (κ3) is 2.16. The molecule has 0 spiro atoms. The summed E-state index contributed by atoms with van der Waals surface area (Å²) in [6, 6.07) is 2.25. The zero-order chi connectivity index (χ0) is 12.4. The maximum absolute atomic E-state index is 13.4. The molecule has 0 saturated heterocycles. The third-order valence-electron chi connectivity index (χ3n) is 2.53. The van der Waals surface area contributed by atoms with Gasteiger partial charge >= 0.3 is 0 Å². The molecule has 92 valence electrons. The molecule has 0 fully saturated rings. The van der Waals surface area contributed by atoms with Gasteiger partial charge in [0.1, 0.15) is 6.04 Å². The summed E-state index contributed by atoms with van der Waals surface area (Å²) in [5.74, 6) is -0.633. The SMILES string of the molecule is COCC1Nc2cc(OC)c(F)cc2NC1=O. The molecule has 5 nitrogen and oxygen atoms in total. The van der Waals surface area contributed by atoms with Gasteiger partial charge in [0.25, 0.3) is 0 Å². The van der Waals surface area contributed by atoms with E-state index in [-0.39, 0.29) is 18.3 Å². The van der Waals surface area contributed by atoms with Gasteiger partial charge in [0.15, 0.2) is 11.6 Å². The Morgan fingerprint density at radius 3 is 2.76 bits per heavy atom. The summed E-state index contributed by atoms with van der Waals surface area (Å²) in [6.07, 6.45) is 0. The largest absolute Gasteiger partial charge is 0.494 e. The minimum absolute atomic E-state index is 0.128. The third-order valence-corrected chi connectivity index (χ3v) is 2.53. The van der Waals surface area contributed by atoms with Gasteiger partial charge in [-0.1, -0.05) is 0 Å². The van der Waals surface area contributed by atoms with Crippen LogP contribution in [0.3, 0.4) is 0 Å². The van der Waals surface area contributed by atoms with Crippen LogP contribution in [0, 0.1) is 5.82 Å². The average molecular weight is 240 g/mol. The number of methoxy groups -OCH3 is 2. The van der Waals surface area contributed by atoms with Crippen molar-refractivity contribution in [2.45, 2.75) is 6.04 Å². The van der Waals surface area contributed by atoms with Gasteiger partial charge in [-0.05, 0) is 0 Å². The number of halogens is 1. The molecule has 2 rings (SSSR count). The monoisotopic (exact) mass is 240 g/mol. The number of amides is 1. The number of ether oxygens (including phenoxy) is 2. The molecule has 0 bridgehead atoms. The molecule has 1 heterocycles. The number of fused-ring (bicyclic) bond motifs is 1. The van der Waals surface area contributed by atoms with Crippen LogP contribution in [0.25, 0.3) is 0 Å². The fraction of sp³-hybridized carbons (Fsp3) is 0.364. The van der Waals surface area contributed by atoms with Crippen LogP contribution < -0.4 is 15.4 Å². The van der Waals surface area contributed by atoms with E-state index in [1.54, 1.807) is 0 Å². The van der Waals surface area contributed by atoms with E-state index in [4.69, 9.17) is 9.47 Å². The lowest BCUT2D eigenvalue weighted by atomic mass is 10.1. The highest BCUT2D eigenvalue weighted by Gasteiger charge is 2.26. The molecule has 1 unspecified atom stereocenters. The molecule has 1 aromatic carbocycles. The van der Waals surface area contributed by atoms with Gasteiger partial charge in [-0.2, -0.15) is 0 Å². The van der Waals surface area contributed by atoms with Crippen LogP contribution in [0.15, 0.2) is 12.1 Å². The van der Waals surface area contributed by atoms with Gasteiger partial charge in [-0.25, -0.2) is 4.39 Å². The molecular weight excluding hydrogens is 227 g/mol. The smallest absolute Gasteiger partial charge is 0.249 e. The van der Waals surface area contributed by atoms with Crippen molar-refractivity contribution in [1.29, 1.82) is 0 Å². The Kier molecular flexibility index (Phi) is 3.14. The molecular formula is C11H13FN2O3. The predicted molar refractivity (Wildman–Crippen MR) is 60.9 cm³/mol. The lowest BCUT2D eigenvalue weighted by Gasteiger charge is -2.26. The molecule has 1 aromatic rings. The quantitative estimate of drug-likeness (QED) is 0.833. The first-order chi connectivity index (χ1) is 8.15. The summed E-state index contributed by atoms with van der Waals surface area (Å²) < 4.78 is 23.2. The van der Waals surface area contributed by atoms with E-state index in [9.17, 15) is 9.18 Å². The second-order valence-electron chi connectivity index (χ2n) is 3.67. The van der Waals surface area contributed by atoms with Crippen LogP contribution in [0.2, 0.25) is 0 Å². The van der Waals surface area contributed by atoms with Crippen LogP contribution in [0.4, 0.5) is 15.8 Å². The first-order valence-electron chi connectivity index (χ1n) is 5.09. The molecule has 1 aliphatic heterocycles. The van der Waals surface area contributed by atoms with Gasteiger partial charge < -0.3 is 20.1 Å². The number of rotatable bonds is 3. The van der Waals surface area contributed by atoms with E-state index in [1.165, 1.54) is 26.4 Å². The van der Waals surface area contributed by atoms with Crippen molar-refractivity contribution >= 4 is 17.3 Å². The minimum Gasteiger partial charge on any atom is -0.494 e. The van der Waals surface area contributed by atoms with Gasteiger partial charge in [-0.3, -0.25) is 4.79 Å². The minimum atomic E-state index is -0.515. The number of benzene rings is 1. The summed E-state index contributed by atoms with van der Waals surface area (Å²) in [7, 11) is 2.90. The predicted octanol–water partition coefficient (Wildman–Crippen LogP) is 1.21. The van der Waals surface area contributed by atoms with Gasteiger partial charge in [0.05, 0.1) is 25.1 Å². The van der Waals surface area contributed by atoms with E-state index >= 15 is 0 Å². The summed E-state index contributed by atoms with van der Waals surface area (Å²) in [4.78, 5) is 11.6. The van der Waals surface area contributed by atoms with E-state index in [1.807, 2.05) is 0 Å². The summed E-state index contributed by atoms with van der Waals surface area (Å²) in [6.45, 7) is 0.241. The second-order valence-corrected chi connectivity index (χ2v) is 3.67. The number of hydrogen-bond acceptors (Lipinski definition) is 4. The molecule has 1 atom stereocenters. The van der Waals surface area contributed by atoms with Gasteiger partial charge in [0, 0.05) is 19.2 Å². The van der Waals surface area contributed by atoms with Crippen LogP contribution in [0.5, 0.6) is 5.75 Å². The molecule has 1 amide bonds. The zero-order valence-corrected chi connectivity index (χ0v) is 9.54. The van der Waals surface area contributed by atoms with Crippen molar-refractivity contribution in [2.24, 2.45) is 0 Å². The lowest BCUT2D eigenvalue weighted by molar-refractivity contribution is -0.118. The highest BCUT2D eigenvalue weighted by Crippen LogP contribution is 2.33. The normalized spacial score (nSPS) is 18.1. The Labute approximate surface area is 97.9 Å². The van der Waals surface area contributed by atoms with Crippen molar-refractivity contribution in [3.8, 4) is 5.75 Å². The molecule has 1 aliphatic rings. The standard InChI is InChI=1S/C11H13FN2O3/c1-16-5-9-11(15)14-7-3-6(12)10(17-2)4-8(7)13-9/h3-4,9,13H,5H2,1-2H3,(H,14,15). The van der Waals surface area contributed by atoms with Crippen molar-refractivity contribution in [2.75, 3.05) is 31.5 Å². The summed E-state index contributed by atoms with van der Waals surface area (Å²) >= 11 is 0. The topological polar surface area (TPSA) is 59.6 Å². The molecule has 0 radical (unpaired) electrons. The number of nitrogens with one attached hydrogen (secondary N) is 2. The molecule has 0 aliphatic carbocycles. The van der Waals surface area contributed by atoms with Crippen LogP contribution in [0.1, 0.15) is 0 Å². The zero-order valence-electron chi connectivity index (χ0n) is 9.54. The maximum Gasteiger partial charge on any atom is 0.249 e. The molecule has 17 heavy (non-hydrogen) atoms. The molecule has 2 N–H and O–H groups in total. The van der Waals surface area contributed by atoms with Gasteiger partial charge in [-0.15, -0.1) is 0 Å². The first kappa shape index (κ1) is 11.7. The highest BCUT2D eigenvalue weighted by atomic mass is 19.1. The van der Waals surface area contributed by atoms with E-state index in [0.717, 1.165) is 0 Å². The molecule has 0 saturated carbocycles. The Morgan fingerprint density at radius 2 is 2.12 bits per heavy atom. The first-order valence-corrected chi connectivity index (χ1v) is 5.09. The number of hydrogen-bond donors (Lipinski definition) is 2. The number of anilines is 2. The van der Waals surface area contributed by atoms with Crippen LogP contribution >= 0.6 is 0 Å². The van der Waals surface area contributed by atoms with Crippen molar-refractivity contribution in [3.63, 3.8) is 0 Å². The van der Waals surface area contributed by atoms with E-state index in [2.05, 4.69) is 10.6 Å². The fourth-order valence-electron chi connectivity index (χ4n) is 1.69. The lowest BCUT2D eigenvalue weighted by Crippen LogP contribution is -2.41. The van der Waals surface area contributed by atoms with Crippen molar-refractivity contribution in [1.82, 2.24) is 0 Å². The number of carbonyl (C=O) groups is 1. The van der Waals surface area contributed by atoms with Crippen molar-refractivity contribution < 1.29 is 18.7 Å². The number of carbonyl (C=O) groups excluding carboxylic acids is 1.